The summed E-state index contributed by atoms with van der Waals surface area (Å²) in [5, 5.41) is 3.11. The Kier molecular flexibility index (Phi) is 6.42. The first-order chi connectivity index (χ1) is 20.9. The fraction of sp³-hybridized carbons (Fsp3) is 0.237. The molecule has 1 fully saturated rings. The van der Waals surface area contributed by atoms with Crippen molar-refractivity contribution in [1.29, 1.82) is 0 Å². The third-order valence-corrected chi connectivity index (χ3v) is 9.52. The molecule has 1 N–H and O–H groups in total. The summed E-state index contributed by atoms with van der Waals surface area (Å²) >= 11 is 0. The number of rotatable bonds is 6. The smallest absolute Gasteiger partial charge is 0.238 e. The van der Waals surface area contributed by atoms with Gasteiger partial charge in [-0.05, 0) is 55.2 Å². The minimum absolute atomic E-state index is 0.167. The topological polar surface area (TPSA) is 66.5 Å². The number of amides is 1. The van der Waals surface area contributed by atoms with E-state index in [0.29, 0.717) is 16.8 Å². The number of anilines is 2. The van der Waals surface area contributed by atoms with Crippen LogP contribution in [0.1, 0.15) is 63.2 Å². The van der Waals surface area contributed by atoms with Crippen molar-refractivity contribution in [3.05, 3.63) is 137 Å². The van der Waals surface area contributed by atoms with Gasteiger partial charge in [0.25, 0.3) is 0 Å². The molecule has 0 bridgehead atoms. The van der Waals surface area contributed by atoms with Gasteiger partial charge < -0.3 is 10.2 Å². The number of Topliss-reactive ketones (excluding diaryl/α,β-unsaturated/α-hetero) is 2. The van der Waals surface area contributed by atoms with E-state index in [-0.39, 0.29) is 17.5 Å². The zero-order chi connectivity index (χ0) is 29.9. The average molecular weight is 567 g/mol. The highest BCUT2D eigenvalue weighted by molar-refractivity contribution is 6.18. The Morgan fingerprint density at radius 3 is 2.28 bits per heavy atom. The molecule has 1 saturated heterocycles. The van der Waals surface area contributed by atoms with Gasteiger partial charge in [-0.1, -0.05) is 104 Å². The Hall–Kier alpha value is -4.77. The Morgan fingerprint density at radius 2 is 1.53 bits per heavy atom. The van der Waals surface area contributed by atoms with E-state index in [2.05, 4.69) is 36.2 Å². The van der Waals surface area contributed by atoms with Crippen LogP contribution in [0.15, 0.2) is 103 Å². The van der Waals surface area contributed by atoms with E-state index >= 15 is 0 Å². The summed E-state index contributed by atoms with van der Waals surface area (Å²) in [5.74, 6) is -1.58. The standard InChI is InChI=1S/C38H34N2O3/c1-4-10-25-16-18-27(19-17-25)35(41)33-34(36(42)26-11-6-5-7-12-26)40-31-20-15-23(2)21-28(31)24(3)22-32(40)38(33)29-13-8-9-14-30(29)39-37(38)43/h5-9,11-22,32-34H,4,10H2,1-3H3,(H,39,43)/t32-,33-,34-,38+/m1/s1. The average Bonchev–Trinajstić information content (AvgIpc) is 3.49. The van der Waals surface area contributed by atoms with Crippen LogP contribution in [-0.4, -0.2) is 29.6 Å². The second kappa shape index (κ2) is 10.2. The lowest BCUT2D eigenvalue weighted by atomic mass is 9.64. The predicted octanol–water partition coefficient (Wildman–Crippen LogP) is 7.19. The van der Waals surface area contributed by atoms with Crippen LogP contribution >= 0.6 is 0 Å². The molecule has 1 spiro atoms. The molecule has 4 aromatic carbocycles. The quantitative estimate of drug-likeness (QED) is 0.251. The van der Waals surface area contributed by atoms with Gasteiger partial charge in [-0.15, -0.1) is 0 Å². The van der Waals surface area contributed by atoms with Gasteiger partial charge in [0, 0.05) is 28.1 Å². The Bertz CT molecular complexity index is 1810. The summed E-state index contributed by atoms with van der Waals surface area (Å²) in [6.07, 6.45) is 4.03. The van der Waals surface area contributed by atoms with E-state index in [4.69, 9.17) is 0 Å². The Labute approximate surface area is 252 Å². The number of allylic oxidation sites excluding steroid dienone is 1. The first-order valence-electron chi connectivity index (χ1n) is 15.1. The van der Waals surface area contributed by atoms with E-state index < -0.39 is 23.4 Å². The highest BCUT2D eigenvalue weighted by Gasteiger charge is 2.70. The number of nitrogens with one attached hydrogen (secondary N) is 1. The van der Waals surface area contributed by atoms with Crippen molar-refractivity contribution in [1.82, 2.24) is 0 Å². The van der Waals surface area contributed by atoms with Crippen LogP contribution in [0.5, 0.6) is 0 Å². The molecule has 0 aromatic heterocycles. The summed E-state index contributed by atoms with van der Waals surface area (Å²) in [7, 11) is 0. The van der Waals surface area contributed by atoms with Crippen LogP contribution < -0.4 is 10.2 Å². The van der Waals surface area contributed by atoms with Crippen molar-refractivity contribution in [3.63, 3.8) is 0 Å². The fourth-order valence-corrected chi connectivity index (χ4v) is 7.62. The van der Waals surface area contributed by atoms with E-state index in [1.54, 1.807) is 12.1 Å². The molecule has 5 nitrogen and oxygen atoms in total. The molecule has 0 aliphatic carbocycles. The molecule has 4 atom stereocenters. The van der Waals surface area contributed by atoms with E-state index in [1.165, 1.54) is 0 Å². The van der Waals surface area contributed by atoms with Crippen LogP contribution in [0.3, 0.4) is 0 Å². The maximum Gasteiger partial charge on any atom is 0.238 e. The van der Waals surface area contributed by atoms with Crippen molar-refractivity contribution < 1.29 is 14.4 Å². The maximum atomic E-state index is 15.0. The lowest BCUT2D eigenvalue weighted by molar-refractivity contribution is -0.121. The molecule has 43 heavy (non-hydrogen) atoms. The van der Waals surface area contributed by atoms with Gasteiger partial charge in [0.05, 0.1) is 12.0 Å². The van der Waals surface area contributed by atoms with Crippen LogP contribution in [0.2, 0.25) is 0 Å². The third-order valence-electron chi connectivity index (χ3n) is 9.52. The summed E-state index contributed by atoms with van der Waals surface area (Å²) < 4.78 is 0. The van der Waals surface area contributed by atoms with Crippen LogP contribution in [-0.2, 0) is 16.6 Å². The molecular formula is C38H34N2O3. The number of aryl methyl sites for hydroxylation is 2. The van der Waals surface area contributed by atoms with Gasteiger partial charge in [-0.25, -0.2) is 0 Å². The normalized spacial score (nSPS) is 23.3. The largest absolute Gasteiger partial charge is 0.352 e. The molecule has 3 heterocycles. The molecule has 214 valence electrons. The first kappa shape index (κ1) is 27.1. The molecule has 0 radical (unpaired) electrons. The summed E-state index contributed by atoms with van der Waals surface area (Å²) in [6, 6.07) is 29.2. The molecule has 3 aliphatic rings. The second-order valence-corrected chi connectivity index (χ2v) is 12.1. The summed E-state index contributed by atoms with van der Waals surface area (Å²) in [5.41, 5.74) is 6.35. The molecule has 0 saturated carbocycles. The number of carbonyl (C=O) groups excluding carboxylic acids is 3. The summed E-state index contributed by atoms with van der Waals surface area (Å²) in [4.78, 5) is 46.4. The zero-order valence-corrected chi connectivity index (χ0v) is 24.6. The van der Waals surface area contributed by atoms with Crippen molar-refractivity contribution >= 4 is 34.4 Å². The molecule has 4 aromatic rings. The number of benzene rings is 4. The van der Waals surface area contributed by atoms with Crippen LogP contribution in [0.25, 0.3) is 5.57 Å². The second-order valence-electron chi connectivity index (χ2n) is 12.1. The number of ketones is 2. The lowest BCUT2D eigenvalue weighted by Crippen LogP contribution is -2.51. The summed E-state index contributed by atoms with van der Waals surface area (Å²) in [6.45, 7) is 6.23. The van der Waals surface area contributed by atoms with Gasteiger partial charge >= 0.3 is 0 Å². The van der Waals surface area contributed by atoms with E-state index in [9.17, 15) is 14.4 Å². The number of hydrogen-bond donors (Lipinski definition) is 1. The van der Waals surface area contributed by atoms with Crippen molar-refractivity contribution in [3.8, 4) is 0 Å². The first-order valence-corrected chi connectivity index (χ1v) is 15.1. The van der Waals surface area contributed by atoms with Gasteiger partial charge in [-0.2, -0.15) is 0 Å². The Morgan fingerprint density at radius 1 is 0.837 bits per heavy atom. The maximum absolute atomic E-state index is 15.0. The molecule has 1 amide bonds. The SMILES string of the molecule is CCCc1ccc(C(=O)[C@H]2[C@H](C(=O)c3ccccc3)N3c4ccc(C)cc4C(C)=C[C@@H]3[C@]23C(=O)Nc2ccccc23)cc1. The number of carbonyl (C=O) groups is 3. The number of fused-ring (bicyclic) bond motifs is 6. The van der Waals surface area contributed by atoms with E-state index in [0.717, 1.165) is 46.4 Å². The molecule has 3 aliphatic heterocycles. The Balaban J connectivity index is 1.52. The van der Waals surface area contributed by atoms with Crippen molar-refractivity contribution in [2.45, 2.75) is 51.1 Å². The molecular weight excluding hydrogens is 532 g/mol. The number of para-hydroxylation sites is 1. The molecule has 0 unspecified atom stereocenters. The number of hydrogen-bond acceptors (Lipinski definition) is 4. The highest BCUT2D eigenvalue weighted by Crippen LogP contribution is 2.58. The predicted molar refractivity (Wildman–Crippen MR) is 171 cm³/mol. The highest BCUT2D eigenvalue weighted by atomic mass is 16.2. The van der Waals surface area contributed by atoms with Gasteiger partial charge in [0.2, 0.25) is 5.91 Å². The van der Waals surface area contributed by atoms with Crippen LogP contribution in [0.4, 0.5) is 11.4 Å². The minimum atomic E-state index is -1.31. The fourth-order valence-electron chi connectivity index (χ4n) is 7.62. The third kappa shape index (κ3) is 3.94. The van der Waals surface area contributed by atoms with E-state index in [1.807, 2.05) is 85.8 Å². The zero-order valence-electron chi connectivity index (χ0n) is 24.6. The molecule has 5 heteroatoms. The monoisotopic (exact) mass is 566 g/mol. The van der Waals surface area contributed by atoms with Gasteiger partial charge in [0.15, 0.2) is 11.6 Å². The molecule has 7 rings (SSSR count). The van der Waals surface area contributed by atoms with Crippen molar-refractivity contribution in [2.75, 3.05) is 10.2 Å². The lowest BCUT2D eigenvalue weighted by Gasteiger charge is -2.39. The van der Waals surface area contributed by atoms with Crippen LogP contribution in [0, 0.1) is 12.8 Å². The van der Waals surface area contributed by atoms with Gasteiger partial charge in [0.1, 0.15) is 11.5 Å². The van der Waals surface area contributed by atoms with Gasteiger partial charge in [-0.3, -0.25) is 14.4 Å². The number of nitrogens with zero attached hydrogens (tertiary/aromatic N) is 1. The minimum Gasteiger partial charge on any atom is -0.352 e. The van der Waals surface area contributed by atoms with Crippen molar-refractivity contribution in [2.24, 2.45) is 5.92 Å².